The Morgan fingerprint density at radius 1 is 1.33 bits per heavy atom. The van der Waals surface area contributed by atoms with Crippen LogP contribution in [0.3, 0.4) is 0 Å². The number of fused-ring (bicyclic) bond motifs is 1. The van der Waals surface area contributed by atoms with Crippen LogP contribution in [0.1, 0.15) is 0 Å². The molecule has 2 N–H and O–H groups in total. The molecule has 2 heterocycles. The second-order valence-electron chi connectivity index (χ2n) is 2.63. The summed E-state index contributed by atoms with van der Waals surface area (Å²) >= 11 is 0. The molecule has 9 heavy (non-hydrogen) atoms. The molecule has 3 nitrogen and oxygen atoms in total. The first-order chi connectivity index (χ1) is 4.47. The molecule has 2 rings (SSSR count). The largest absolute Gasteiger partial charge is 0.374 e. The van der Waals surface area contributed by atoms with Crippen molar-refractivity contribution < 1.29 is 4.74 Å². The molecule has 0 aromatic rings. The fourth-order valence-corrected chi connectivity index (χ4v) is 1.49. The van der Waals surface area contributed by atoms with Gasteiger partial charge in [-0.1, -0.05) is 0 Å². The highest BCUT2D eigenvalue weighted by Crippen LogP contribution is 2.07. The van der Waals surface area contributed by atoms with Gasteiger partial charge in [0.15, 0.2) is 0 Å². The Morgan fingerprint density at radius 2 is 2.33 bits per heavy atom. The van der Waals surface area contributed by atoms with E-state index in [0.29, 0.717) is 12.1 Å². The van der Waals surface area contributed by atoms with Gasteiger partial charge in [-0.2, -0.15) is 0 Å². The van der Waals surface area contributed by atoms with Crippen LogP contribution >= 0.6 is 0 Å². The van der Waals surface area contributed by atoms with E-state index < -0.39 is 0 Å². The van der Waals surface area contributed by atoms with Gasteiger partial charge in [-0.25, -0.2) is 0 Å². The van der Waals surface area contributed by atoms with E-state index in [2.05, 4.69) is 10.6 Å². The van der Waals surface area contributed by atoms with E-state index in [1.807, 2.05) is 0 Å². The molecule has 2 fully saturated rings. The van der Waals surface area contributed by atoms with Gasteiger partial charge in [-0.15, -0.1) is 0 Å². The van der Waals surface area contributed by atoms with Gasteiger partial charge in [0, 0.05) is 25.7 Å². The fraction of sp³-hybridized carbons (Fsp3) is 1.00. The molecule has 2 aliphatic rings. The van der Waals surface area contributed by atoms with Crippen LogP contribution in [0.15, 0.2) is 0 Å². The molecule has 0 bridgehead atoms. The Hall–Kier alpha value is -0.120. The van der Waals surface area contributed by atoms with Crippen LogP contribution in [0, 0.1) is 0 Å². The maximum Gasteiger partial charge on any atom is 0.0865 e. The summed E-state index contributed by atoms with van der Waals surface area (Å²) in [4.78, 5) is 0. The lowest BCUT2D eigenvalue weighted by Crippen LogP contribution is -2.47. The summed E-state index contributed by atoms with van der Waals surface area (Å²) in [6.45, 7) is 3.99. The molecule has 0 amide bonds. The Balaban J connectivity index is 1.97. The third kappa shape index (κ3) is 0.956. The molecular weight excluding hydrogens is 116 g/mol. The third-order valence-electron chi connectivity index (χ3n) is 2.00. The first-order valence-corrected chi connectivity index (χ1v) is 3.52. The Labute approximate surface area is 54.8 Å². The Bertz CT molecular complexity index is 95.2. The SMILES string of the molecule is C1CO[C@@H]2CNC[C@H]2N1. The smallest absolute Gasteiger partial charge is 0.0865 e. The van der Waals surface area contributed by atoms with E-state index in [-0.39, 0.29) is 0 Å². The highest BCUT2D eigenvalue weighted by molar-refractivity contribution is 4.89. The molecule has 2 saturated heterocycles. The van der Waals surface area contributed by atoms with Crippen molar-refractivity contribution in [3.8, 4) is 0 Å². The molecule has 0 unspecified atom stereocenters. The number of nitrogens with one attached hydrogen (secondary N) is 2. The minimum atomic E-state index is 0.443. The van der Waals surface area contributed by atoms with Crippen LogP contribution in [-0.4, -0.2) is 38.4 Å². The maximum absolute atomic E-state index is 5.48. The van der Waals surface area contributed by atoms with E-state index in [1.54, 1.807) is 0 Å². The summed E-state index contributed by atoms with van der Waals surface area (Å²) in [5, 5.41) is 6.67. The molecule has 0 aromatic heterocycles. The Morgan fingerprint density at radius 3 is 3.22 bits per heavy atom. The standard InChI is InChI=1S/C6H12N2O/c1-2-9-6-4-7-3-5(6)8-1/h5-8H,1-4H2/t5-,6-/m1/s1. The third-order valence-corrected chi connectivity index (χ3v) is 2.00. The van der Waals surface area contributed by atoms with Crippen molar-refractivity contribution in [1.29, 1.82) is 0 Å². The second-order valence-corrected chi connectivity index (χ2v) is 2.63. The van der Waals surface area contributed by atoms with E-state index in [0.717, 1.165) is 26.2 Å². The van der Waals surface area contributed by atoms with Crippen molar-refractivity contribution in [1.82, 2.24) is 10.6 Å². The minimum absolute atomic E-state index is 0.443. The lowest BCUT2D eigenvalue weighted by Gasteiger charge is -2.25. The molecule has 0 aliphatic carbocycles. The van der Waals surface area contributed by atoms with Crippen molar-refractivity contribution in [2.24, 2.45) is 0 Å². The van der Waals surface area contributed by atoms with Crippen LogP contribution in [-0.2, 0) is 4.74 Å². The lowest BCUT2D eigenvalue weighted by atomic mass is 10.2. The topological polar surface area (TPSA) is 33.3 Å². The van der Waals surface area contributed by atoms with Gasteiger partial charge in [0.2, 0.25) is 0 Å². The fourth-order valence-electron chi connectivity index (χ4n) is 1.49. The van der Waals surface area contributed by atoms with Crippen molar-refractivity contribution >= 4 is 0 Å². The van der Waals surface area contributed by atoms with Gasteiger partial charge in [0.05, 0.1) is 12.7 Å². The minimum Gasteiger partial charge on any atom is -0.374 e. The second kappa shape index (κ2) is 2.25. The normalized spacial score (nSPS) is 42.7. The van der Waals surface area contributed by atoms with Gasteiger partial charge in [0.25, 0.3) is 0 Å². The molecule has 0 saturated carbocycles. The van der Waals surface area contributed by atoms with Gasteiger partial charge in [-0.3, -0.25) is 0 Å². The zero-order chi connectivity index (χ0) is 6.10. The molecule has 2 atom stereocenters. The summed E-state index contributed by atoms with van der Waals surface area (Å²) in [5.74, 6) is 0. The number of rotatable bonds is 0. The molecule has 52 valence electrons. The molecule has 0 spiro atoms. The van der Waals surface area contributed by atoms with Crippen LogP contribution in [0.25, 0.3) is 0 Å². The molecule has 3 heteroatoms. The summed E-state index contributed by atoms with van der Waals surface area (Å²) in [6.07, 6.45) is 0.443. The molecule has 2 aliphatic heterocycles. The predicted molar refractivity (Wildman–Crippen MR) is 34.4 cm³/mol. The number of hydrogen-bond acceptors (Lipinski definition) is 3. The van der Waals surface area contributed by atoms with E-state index in [9.17, 15) is 0 Å². The first kappa shape index (κ1) is 5.65. The zero-order valence-corrected chi connectivity index (χ0v) is 5.39. The highest BCUT2D eigenvalue weighted by Gasteiger charge is 2.29. The van der Waals surface area contributed by atoms with Gasteiger partial charge in [-0.05, 0) is 0 Å². The van der Waals surface area contributed by atoms with Crippen LogP contribution in [0.2, 0.25) is 0 Å². The van der Waals surface area contributed by atoms with Gasteiger partial charge in [0.1, 0.15) is 0 Å². The van der Waals surface area contributed by atoms with Crippen molar-refractivity contribution in [3.05, 3.63) is 0 Å². The quantitative estimate of drug-likeness (QED) is 0.436. The Kier molecular flexibility index (Phi) is 1.41. The average molecular weight is 128 g/mol. The van der Waals surface area contributed by atoms with Gasteiger partial charge < -0.3 is 15.4 Å². The molecule has 0 radical (unpaired) electrons. The summed E-state index contributed by atoms with van der Waals surface area (Å²) in [5.41, 5.74) is 0. The van der Waals surface area contributed by atoms with Crippen LogP contribution < -0.4 is 10.6 Å². The van der Waals surface area contributed by atoms with Crippen LogP contribution in [0.5, 0.6) is 0 Å². The highest BCUT2D eigenvalue weighted by atomic mass is 16.5. The number of ether oxygens (including phenoxy) is 1. The monoisotopic (exact) mass is 128 g/mol. The average Bonchev–Trinajstić information content (AvgIpc) is 2.33. The summed E-state index contributed by atoms with van der Waals surface area (Å²) < 4.78 is 5.48. The van der Waals surface area contributed by atoms with Crippen molar-refractivity contribution in [2.75, 3.05) is 26.2 Å². The lowest BCUT2D eigenvalue weighted by molar-refractivity contribution is 0.0207. The molecule has 0 aromatic carbocycles. The van der Waals surface area contributed by atoms with E-state index in [1.165, 1.54) is 0 Å². The maximum atomic E-state index is 5.48. The zero-order valence-electron chi connectivity index (χ0n) is 5.39. The number of morpholine rings is 1. The molecular formula is C6H12N2O. The van der Waals surface area contributed by atoms with Crippen LogP contribution in [0.4, 0.5) is 0 Å². The van der Waals surface area contributed by atoms with E-state index >= 15 is 0 Å². The number of hydrogen-bond donors (Lipinski definition) is 2. The van der Waals surface area contributed by atoms with Gasteiger partial charge >= 0.3 is 0 Å². The predicted octanol–water partition coefficient (Wildman–Crippen LogP) is -1.05. The van der Waals surface area contributed by atoms with E-state index in [4.69, 9.17) is 4.74 Å². The first-order valence-electron chi connectivity index (χ1n) is 3.52. The van der Waals surface area contributed by atoms with Crippen molar-refractivity contribution in [2.45, 2.75) is 12.1 Å². The summed E-state index contributed by atoms with van der Waals surface area (Å²) in [7, 11) is 0. The summed E-state index contributed by atoms with van der Waals surface area (Å²) in [6, 6.07) is 0.582. The van der Waals surface area contributed by atoms with Crippen molar-refractivity contribution in [3.63, 3.8) is 0 Å².